The highest BCUT2D eigenvalue weighted by Gasteiger charge is 2.20. The van der Waals surface area contributed by atoms with Crippen LogP contribution in [0.25, 0.3) is 0 Å². The number of aliphatic hydroxyl groups excluding tert-OH is 2. The van der Waals surface area contributed by atoms with E-state index in [1.807, 2.05) is 0 Å². The molecule has 0 rings (SSSR count). The Balaban J connectivity index is 3.35. The van der Waals surface area contributed by atoms with Crippen molar-refractivity contribution in [1.82, 2.24) is 5.32 Å². The van der Waals surface area contributed by atoms with Crippen molar-refractivity contribution in [3.8, 4) is 0 Å². The summed E-state index contributed by atoms with van der Waals surface area (Å²) in [7, 11) is 0. The number of unbranched alkanes of at least 4 members (excludes halogenated alkanes) is 57. The molecule has 0 aromatic carbocycles. The van der Waals surface area contributed by atoms with E-state index in [1.54, 1.807) is 0 Å². The van der Waals surface area contributed by atoms with E-state index < -0.39 is 12.1 Å². The molecule has 2 unspecified atom stereocenters. The summed E-state index contributed by atoms with van der Waals surface area (Å²) in [6, 6.07) is -0.541. The average molecular weight is 1090 g/mol. The number of carbonyl (C=O) groups excluding carboxylic acids is 2. The fourth-order valence-corrected chi connectivity index (χ4v) is 11.7. The van der Waals surface area contributed by atoms with Gasteiger partial charge in [-0.15, -0.1) is 0 Å². The maximum atomic E-state index is 12.5. The first kappa shape index (κ1) is 75.9. The summed E-state index contributed by atoms with van der Waals surface area (Å²) in [4.78, 5) is 24.7. The lowest BCUT2D eigenvalue weighted by molar-refractivity contribution is -0.143. The molecule has 0 spiro atoms. The molecule has 0 aromatic rings. The van der Waals surface area contributed by atoms with Gasteiger partial charge in [0.15, 0.2) is 0 Å². The Morgan fingerprint density at radius 2 is 0.532 bits per heavy atom. The van der Waals surface area contributed by atoms with Crippen LogP contribution in [0.15, 0.2) is 0 Å². The van der Waals surface area contributed by atoms with Gasteiger partial charge < -0.3 is 20.3 Å². The monoisotopic (exact) mass is 1090 g/mol. The molecular formula is C71H141NO5. The van der Waals surface area contributed by atoms with E-state index in [1.165, 1.54) is 347 Å². The second kappa shape index (κ2) is 67.4. The van der Waals surface area contributed by atoms with Crippen LogP contribution in [0.5, 0.6) is 0 Å². The van der Waals surface area contributed by atoms with Gasteiger partial charge in [0.2, 0.25) is 5.91 Å². The van der Waals surface area contributed by atoms with E-state index >= 15 is 0 Å². The third kappa shape index (κ3) is 63.9. The molecule has 460 valence electrons. The number of rotatable bonds is 68. The highest BCUT2D eigenvalue weighted by molar-refractivity contribution is 5.76. The lowest BCUT2D eigenvalue weighted by Crippen LogP contribution is -2.45. The molecule has 0 aliphatic rings. The summed E-state index contributed by atoms with van der Waals surface area (Å²) in [5, 5.41) is 23.4. The Labute approximate surface area is 483 Å². The van der Waals surface area contributed by atoms with Gasteiger partial charge in [0.1, 0.15) is 0 Å². The molecule has 1 amide bonds. The lowest BCUT2D eigenvalue weighted by atomic mass is 10.0. The molecule has 0 fully saturated rings. The number of nitrogens with one attached hydrogen (secondary N) is 1. The fraction of sp³-hybridized carbons (Fsp3) is 0.972. The largest absolute Gasteiger partial charge is 0.466 e. The van der Waals surface area contributed by atoms with Gasteiger partial charge in [0.05, 0.1) is 25.4 Å². The van der Waals surface area contributed by atoms with Crippen molar-refractivity contribution < 1.29 is 24.5 Å². The molecule has 0 radical (unpaired) electrons. The third-order valence-electron chi connectivity index (χ3n) is 17.2. The molecule has 3 N–H and O–H groups in total. The summed E-state index contributed by atoms with van der Waals surface area (Å²) in [6.07, 6.45) is 81.5. The van der Waals surface area contributed by atoms with Gasteiger partial charge in [-0.05, 0) is 25.7 Å². The summed E-state index contributed by atoms with van der Waals surface area (Å²) < 4.78 is 5.51. The van der Waals surface area contributed by atoms with Crippen LogP contribution >= 0.6 is 0 Å². The molecule has 6 heteroatoms. The zero-order valence-corrected chi connectivity index (χ0v) is 52.7. The maximum Gasteiger partial charge on any atom is 0.305 e. The van der Waals surface area contributed by atoms with Gasteiger partial charge in [-0.1, -0.05) is 380 Å². The third-order valence-corrected chi connectivity index (χ3v) is 17.2. The van der Waals surface area contributed by atoms with E-state index in [9.17, 15) is 19.8 Å². The predicted octanol–water partition coefficient (Wildman–Crippen LogP) is 23.0. The highest BCUT2D eigenvalue weighted by atomic mass is 16.5. The molecule has 0 aromatic heterocycles. The van der Waals surface area contributed by atoms with Gasteiger partial charge in [-0.2, -0.15) is 0 Å². The van der Waals surface area contributed by atoms with Crippen LogP contribution in [-0.4, -0.2) is 47.4 Å². The van der Waals surface area contributed by atoms with Crippen molar-refractivity contribution in [3.05, 3.63) is 0 Å². The molecule has 2 atom stereocenters. The van der Waals surface area contributed by atoms with Crippen LogP contribution in [0.3, 0.4) is 0 Å². The highest BCUT2D eigenvalue weighted by Crippen LogP contribution is 2.20. The molecule has 0 aliphatic heterocycles. The smallest absolute Gasteiger partial charge is 0.305 e. The number of carbonyl (C=O) groups is 2. The Morgan fingerprint density at radius 1 is 0.312 bits per heavy atom. The molecule has 0 saturated carbocycles. The number of hydrogen-bond acceptors (Lipinski definition) is 5. The Kier molecular flexibility index (Phi) is 66.4. The summed E-state index contributed by atoms with van der Waals surface area (Å²) in [6.45, 7) is 5.01. The zero-order chi connectivity index (χ0) is 55.7. The van der Waals surface area contributed by atoms with Crippen LogP contribution in [0, 0.1) is 0 Å². The van der Waals surface area contributed by atoms with E-state index in [4.69, 9.17) is 4.74 Å². The fourth-order valence-electron chi connectivity index (χ4n) is 11.7. The van der Waals surface area contributed by atoms with Crippen LogP contribution in [-0.2, 0) is 14.3 Å². The number of aliphatic hydroxyl groups is 2. The van der Waals surface area contributed by atoms with Crippen molar-refractivity contribution >= 4 is 11.9 Å². The van der Waals surface area contributed by atoms with Gasteiger partial charge in [-0.25, -0.2) is 0 Å². The minimum Gasteiger partial charge on any atom is -0.466 e. The van der Waals surface area contributed by atoms with E-state index in [0.717, 1.165) is 38.5 Å². The molecule has 0 saturated heterocycles. The SMILES string of the molecule is CCCCCCCCCCCCCCCCCCCCCC(=O)OCCCCCCCCCCCCCCCCCCCCCCCCC(=O)NC(CO)C(O)CCCCCCCCCCCCCCCCCCCCC. The topological polar surface area (TPSA) is 95.9 Å². The van der Waals surface area contributed by atoms with Gasteiger partial charge >= 0.3 is 5.97 Å². The van der Waals surface area contributed by atoms with Crippen LogP contribution in [0.2, 0.25) is 0 Å². The molecule has 0 heterocycles. The minimum atomic E-state index is -0.664. The van der Waals surface area contributed by atoms with Crippen molar-refractivity contribution in [2.24, 2.45) is 0 Å². The van der Waals surface area contributed by atoms with Crippen LogP contribution in [0.1, 0.15) is 418 Å². The van der Waals surface area contributed by atoms with Gasteiger partial charge in [0, 0.05) is 12.8 Å². The number of ether oxygens (including phenoxy) is 1. The van der Waals surface area contributed by atoms with E-state index in [0.29, 0.717) is 25.9 Å². The average Bonchev–Trinajstić information content (AvgIpc) is 3.43. The number of amides is 1. The Morgan fingerprint density at radius 3 is 0.792 bits per heavy atom. The minimum absolute atomic E-state index is 0.0197. The van der Waals surface area contributed by atoms with E-state index in [2.05, 4.69) is 19.2 Å². The van der Waals surface area contributed by atoms with Gasteiger partial charge in [-0.3, -0.25) is 9.59 Å². The molecular weight excluding hydrogens is 947 g/mol. The summed E-state index contributed by atoms with van der Waals surface area (Å²) in [5.74, 6) is -0.0103. The van der Waals surface area contributed by atoms with Crippen LogP contribution < -0.4 is 5.32 Å². The van der Waals surface area contributed by atoms with Crippen LogP contribution in [0.4, 0.5) is 0 Å². The molecule has 77 heavy (non-hydrogen) atoms. The van der Waals surface area contributed by atoms with Crippen molar-refractivity contribution in [3.63, 3.8) is 0 Å². The zero-order valence-electron chi connectivity index (χ0n) is 52.7. The second-order valence-electron chi connectivity index (χ2n) is 24.9. The van der Waals surface area contributed by atoms with Crippen molar-refractivity contribution in [2.75, 3.05) is 13.2 Å². The number of esters is 1. The first-order chi connectivity index (χ1) is 38.0. The first-order valence-electron chi connectivity index (χ1n) is 35.8. The molecule has 6 nitrogen and oxygen atoms in total. The summed E-state index contributed by atoms with van der Waals surface area (Å²) >= 11 is 0. The second-order valence-corrected chi connectivity index (χ2v) is 24.9. The van der Waals surface area contributed by atoms with Crippen molar-refractivity contribution in [1.29, 1.82) is 0 Å². The quantitative estimate of drug-likeness (QED) is 0.0417. The summed E-state index contributed by atoms with van der Waals surface area (Å²) in [5.41, 5.74) is 0. The lowest BCUT2D eigenvalue weighted by Gasteiger charge is -2.22. The van der Waals surface area contributed by atoms with Crippen molar-refractivity contribution in [2.45, 2.75) is 431 Å². The Bertz CT molecular complexity index is 1120. The normalized spacial score (nSPS) is 12.4. The molecule has 0 aliphatic carbocycles. The maximum absolute atomic E-state index is 12.5. The van der Waals surface area contributed by atoms with E-state index in [-0.39, 0.29) is 18.5 Å². The first-order valence-corrected chi connectivity index (χ1v) is 35.8. The standard InChI is InChI=1S/C71H141NO5/c1-3-5-7-9-11-13-15-17-19-21-27-31-35-39-43-47-51-55-59-63-69(74)68(67-73)72-70(75)64-60-56-52-48-44-40-36-32-29-25-23-24-26-30-34-38-42-46-50-54-58-62-66-77-71(76)65-61-57-53-49-45-41-37-33-28-22-20-18-16-14-12-10-8-6-4-2/h68-69,73-74H,3-67H2,1-2H3,(H,72,75). The molecule has 0 bridgehead atoms. The predicted molar refractivity (Wildman–Crippen MR) is 338 cm³/mol. The number of hydrogen-bond donors (Lipinski definition) is 3. The Hall–Kier alpha value is -1.14. The van der Waals surface area contributed by atoms with Gasteiger partial charge in [0.25, 0.3) is 0 Å².